The highest BCUT2D eigenvalue weighted by atomic mass is 16.5. The van der Waals surface area contributed by atoms with Crippen molar-refractivity contribution in [2.45, 2.75) is 443 Å². The maximum atomic E-state index is 12.5. The van der Waals surface area contributed by atoms with Crippen molar-refractivity contribution >= 4 is 11.9 Å². The molecule has 83 heavy (non-hydrogen) atoms. The summed E-state index contributed by atoms with van der Waals surface area (Å²) in [7, 11) is 0. The van der Waals surface area contributed by atoms with Crippen LogP contribution in [-0.4, -0.2) is 47.4 Å². The molecular weight excluding hydrogens is 1020 g/mol. The Balaban J connectivity index is 3.37. The predicted octanol–water partition coefficient (Wildman–Crippen LogP) is 24.9. The minimum Gasteiger partial charge on any atom is -0.466 e. The first-order valence-electron chi connectivity index (χ1n) is 38.1. The van der Waals surface area contributed by atoms with Gasteiger partial charge in [0.25, 0.3) is 0 Å². The number of rotatable bonds is 72. The molecule has 0 radical (unpaired) electrons. The van der Waals surface area contributed by atoms with Crippen LogP contribution < -0.4 is 5.32 Å². The van der Waals surface area contributed by atoms with Gasteiger partial charge in [-0.05, 0) is 57.8 Å². The third-order valence-corrected chi connectivity index (χ3v) is 18.0. The molecule has 0 aromatic carbocycles. The fourth-order valence-corrected chi connectivity index (χ4v) is 12.2. The zero-order chi connectivity index (χ0) is 59.9. The van der Waals surface area contributed by atoms with Crippen molar-refractivity contribution in [2.24, 2.45) is 0 Å². The van der Waals surface area contributed by atoms with Crippen molar-refractivity contribution in [2.75, 3.05) is 13.2 Å². The summed E-state index contributed by atoms with van der Waals surface area (Å²) in [5.41, 5.74) is 0. The maximum Gasteiger partial charge on any atom is 0.305 e. The third-order valence-electron chi connectivity index (χ3n) is 18.0. The lowest BCUT2D eigenvalue weighted by atomic mass is 10.0. The molecule has 0 heterocycles. The van der Waals surface area contributed by atoms with Crippen LogP contribution >= 0.6 is 0 Å². The van der Waals surface area contributed by atoms with Crippen LogP contribution in [0.4, 0.5) is 0 Å². The van der Waals surface area contributed by atoms with Gasteiger partial charge in [0.1, 0.15) is 0 Å². The summed E-state index contributed by atoms with van der Waals surface area (Å²) < 4.78 is 5.49. The summed E-state index contributed by atoms with van der Waals surface area (Å²) in [6.07, 6.45) is 92.8. The normalized spacial score (nSPS) is 12.6. The van der Waals surface area contributed by atoms with E-state index in [0.717, 1.165) is 44.9 Å². The van der Waals surface area contributed by atoms with Crippen molar-refractivity contribution in [1.29, 1.82) is 0 Å². The van der Waals surface area contributed by atoms with E-state index in [1.165, 1.54) is 360 Å². The van der Waals surface area contributed by atoms with E-state index in [1.807, 2.05) is 6.08 Å². The number of esters is 1. The van der Waals surface area contributed by atoms with Gasteiger partial charge in [-0.15, -0.1) is 0 Å². The monoisotopic (exact) mass is 1170 g/mol. The van der Waals surface area contributed by atoms with E-state index in [1.54, 1.807) is 6.08 Å². The van der Waals surface area contributed by atoms with E-state index >= 15 is 0 Å². The lowest BCUT2D eigenvalue weighted by Gasteiger charge is -2.20. The lowest BCUT2D eigenvalue weighted by Crippen LogP contribution is -2.45. The Kier molecular flexibility index (Phi) is 71.4. The highest BCUT2D eigenvalue weighted by molar-refractivity contribution is 5.76. The smallest absolute Gasteiger partial charge is 0.305 e. The van der Waals surface area contributed by atoms with E-state index < -0.39 is 12.1 Å². The SMILES string of the molecule is CCCCCCC/C=C\CCCCCCCC(=O)OCCCCCCCCCCCCCCCCCCCCCCCCCCCCCCCC(=O)NC(CO)C(O)/C=C/CCCCCCCCCCCCCCCCCCCCCCC. The molecule has 1 amide bonds. The highest BCUT2D eigenvalue weighted by Crippen LogP contribution is 2.20. The molecule has 0 aliphatic rings. The number of amides is 1. The second kappa shape index (κ2) is 72.8. The molecule has 0 aliphatic heterocycles. The molecule has 492 valence electrons. The number of ether oxygens (including phenoxy) is 1. The second-order valence-corrected chi connectivity index (χ2v) is 26.3. The maximum absolute atomic E-state index is 12.5. The number of unbranched alkanes of at least 4 members (excludes halogenated alkanes) is 59. The Morgan fingerprint density at radius 3 is 0.855 bits per heavy atom. The first-order chi connectivity index (χ1) is 41.0. The van der Waals surface area contributed by atoms with Gasteiger partial charge in [-0.2, -0.15) is 0 Å². The van der Waals surface area contributed by atoms with Crippen LogP contribution in [0, 0.1) is 0 Å². The minimum atomic E-state index is -0.843. The molecular formula is C77H149NO5. The predicted molar refractivity (Wildman–Crippen MR) is 366 cm³/mol. The topological polar surface area (TPSA) is 95.9 Å². The Hall–Kier alpha value is -1.66. The zero-order valence-electron chi connectivity index (χ0n) is 56.5. The first-order valence-corrected chi connectivity index (χ1v) is 38.1. The summed E-state index contributed by atoms with van der Waals surface area (Å²) in [6, 6.07) is -0.626. The molecule has 0 saturated heterocycles. The average Bonchev–Trinajstić information content (AvgIpc) is 3.49. The molecule has 2 unspecified atom stereocenters. The van der Waals surface area contributed by atoms with Gasteiger partial charge >= 0.3 is 5.97 Å². The van der Waals surface area contributed by atoms with Crippen LogP contribution in [0.2, 0.25) is 0 Å². The standard InChI is InChI=1S/C77H149NO5/c1-3-5-7-9-11-13-15-17-19-20-21-22-30-33-36-39-42-45-49-53-57-61-65-69-75(80)74(73-79)78-76(81)70-66-62-58-54-50-46-43-40-37-34-31-28-26-24-23-25-27-29-32-35-38-41-44-48-52-56-60-64-68-72-83-77(82)71-67-63-59-55-51-47-18-16-14-12-10-8-6-4-2/h16,18,65,69,74-75,79-80H,3-15,17,19-64,66-68,70-73H2,1-2H3,(H,78,81)/b18-16-,69-65+. The molecule has 3 N–H and O–H groups in total. The van der Waals surface area contributed by atoms with Gasteiger partial charge in [-0.25, -0.2) is 0 Å². The van der Waals surface area contributed by atoms with Crippen molar-refractivity contribution < 1.29 is 24.5 Å². The molecule has 0 rings (SSSR count). The Morgan fingerprint density at radius 2 is 0.566 bits per heavy atom. The fourth-order valence-electron chi connectivity index (χ4n) is 12.2. The van der Waals surface area contributed by atoms with Crippen LogP contribution in [-0.2, 0) is 14.3 Å². The number of aliphatic hydroxyl groups is 2. The van der Waals surface area contributed by atoms with Gasteiger partial charge in [-0.3, -0.25) is 9.59 Å². The molecule has 0 bridgehead atoms. The third kappa shape index (κ3) is 69.3. The first kappa shape index (κ1) is 81.3. The van der Waals surface area contributed by atoms with Gasteiger partial charge in [0.05, 0.1) is 25.4 Å². The van der Waals surface area contributed by atoms with Gasteiger partial charge < -0.3 is 20.3 Å². The molecule has 0 aliphatic carbocycles. The van der Waals surface area contributed by atoms with Gasteiger partial charge in [0.15, 0.2) is 0 Å². The summed E-state index contributed by atoms with van der Waals surface area (Å²) >= 11 is 0. The van der Waals surface area contributed by atoms with Gasteiger partial charge in [-0.1, -0.05) is 385 Å². The van der Waals surface area contributed by atoms with Crippen molar-refractivity contribution in [3.8, 4) is 0 Å². The van der Waals surface area contributed by atoms with E-state index in [4.69, 9.17) is 4.74 Å². The number of hydrogen-bond donors (Lipinski definition) is 3. The number of carbonyl (C=O) groups excluding carboxylic acids is 2. The average molecular weight is 1170 g/mol. The largest absolute Gasteiger partial charge is 0.466 e. The van der Waals surface area contributed by atoms with Crippen LogP contribution in [0.15, 0.2) is 24.3 Å². The van der Waals surface area contributed by atoms with E-state index in [2.05, 4.69) is 31.3 Å². The number of hydrogen-bond acceptors (Lipinski definition) is 5. The molecule has 0 aromatic heterocycles. The van der Waals surface area contributed by atoms with Gasteiger partial charge in [0.2, 0.25) is 5.91 Å². The lowest BCUT2D eigenvalue weighted by molar-refractivity contribution is -0.143. The molecule has 2 atom stereocenters. The van der Waals surface area contributed by atoms with Crippen molar-refractivity contribution in [3.63, 3.8) is 0 Å². The Morgan fingerprint density at radius 1 is 0.325 bits per heavy atom. The van der Waals surface area contributed by atoms with Crippen LogP contribution in [0.25, 0.3) is 0 Å². The quantitative estimate of drug-likeness (QED) is 0.0320. The molecule has 0 saturated carbocycles. The fraction of sp³-hybridized carbons (Fsp3) is 0.922. The second-order valence-electron chi connectivity index (χ2n) is 26.3. The molecule has 0 fully saturated rings. The number of aliphatic hydroxyl groups excluding tert-OH is 2. The van der Waals surface area contributed by atoms with Crippen LogP contribution in [0.1, 0.15) is 431 Å². The summed E-state index contributed by atoms with van der Waals surface area (Å²) in [5, 5.41) is 23.3. The summed E-state index contributed by atoms with van der Waals surface area (Å²) in [5.74, 6) is -0.0481. The number of carbonyl (C=O) groups is 2. The zero-order valence-corrected chi connectivity index (χ0v) is 56.5. The highest BCUT2D eigenvalue weighted by Gasteiger charge is 2.18. The van der Waals surface area contributed by atoms with Crippen LogP contribution in [0.3, 0.4) is 0 Å². The molecule has 0 spiro atoms. The van der Waals surface area contributed by atoms with Gasteiger partial charge in [0, 0.05) is 12.8 Å². The van der Waals surface area contributed by atoms with Crippen LogP contribution in [0.5, 0.6) is 0 Å². The number of nitrogens with one attached hydrogen (secondary N) is 1. The minimum absolute atomic E-state index is 0.0115. The van der Waals surface area contributed by atoms with E-state index in [9.17, 15) is 19.8 Å². The summed E-state index contributed by atoms with van der Waals surface area (Å²) in [4.78, 5) is 24.6. The van der Waals surface area contributed by atoms with Crippen molar-refractivity contribution in [3.05, 3.63) is 24.3 Å². The van der Waals surface area contributed by atoms with Crippen molar-refractivity contribution in [1.82, 2.24) is 5.32 Å². The molecule has 0 aromatic rings. The van der Waals surface area contributed by atoms with E-state index in [-0.39, 0.29) is 18.5 Å². The Bertz CT molecular complexity index is 1300. The summed E-state index contributed by atoms with van der Waals surface area (Å²) in [6.45, 7) is 4.94. The molecule has 6 nitrogen and oxygen atoms in total. The molecule has 6 heteroatoms. The Labute approximate surface area is 520 Å². The van der Waals surface area contributed by atoms with E-state index in [0.29, 0.717) is 19.4 Å². The number of allylic oxidation sites excluding steroid dienone is 3.